The predicted molar refractivity (Wildman–Crippen MR) is 349 cm³/mol. The highest BCUT2D eigenvalue weighted by Gasteiger charge is 2.51. The number of carboxylic acid groups (broad SMARTS) is 2. The number of hydrogen-bond acceptors (Lipinski definition) is 37. The Morgan fingerprint density at radius 2 is 0.990 bits per heavy atom. The van der Waals surface area contributed by atoms with Crippen LogP contribution >= 0.6 is 47.0 Å². The monoisotopic (exact) mass is 1490 g/mol. The minimum Gasteiger partial charge on any atom is -0.480 e. The number of carboxylic acids is 2. The quantitative estimate of drug-likeness (QED) is 0.0153. The number of amides is 1. The molecule has 0 saturated carbocycles. The van der Waals surface area contributed by atoms with Gasteiger partial charge in [0.1, 0.15) is 109 Å². The van der Waals surface area contributed by atoms with E-state index in [1.165, 1.54) is 30.9 Å². The number of nitrogens with zero attached hydrogens (tertiary/aromatic N) is 4. The molecule has 1 amide bonds. The van der Waals surface area contributed by atoms with Gasteiger partial charge in [-0.25, -0.2) is 0 Å². The number of aliphatic carboxylic acids is 2. The minimum absolute atomic E-state index is 0.0922. The van der Waals surface area contributed by atoms with Crippen LogP contribution in [0, 0.1) is 0 Å². The van der Waals surface area contributed by atoms with Gasteiger partial charge in [0.05, 0.1) is 51.8 Å². The highest BCUT2D eigenvalue weighted by Crippen LogP contribution is 2.32. The number of rotatable bonds is 48. The molecule has 8 unspecified atom stereocenters. The lowest BCUT2D eigenvalue weighted by Gasteiger charge is -2.45. The summed E-state index contributed by atoms with van der Waals surface area (Å²) in [5, 5.41) is 129. The number of carbonyl (C=O) groups is 3. The van der Waals surface area contributed by atoms with E-state index in [1.54, 1.807) is 35.5 Å². The van der Waals surface area contributed by atoms with E-state index in [0.717, 1.165) is 17.5 Å². The van der Waals surface area contributed by atoms with E-state index >= 15 is 0 Å². The first-order valence-corrected chi connectivity index (χ1v) is 36.0. The van der Waals surface area contributed by atoms with Crippen LogP contribution in [-0.2, 0) is 85.7 Å². The second-order valence-corrected chi connectivity index (χ2v) is 27.3. The SMILES string of the molecule is COCC1OC(OCC2OC(OCC3OC(OC)[C@@H](OCCCSCCNC(=O)CN(CCN(C)CCN(C)CC(=O)O)CC(=O)O)[C@@H](O)[C@@H]3O)[C@@H](OCCCSCCN)[C@@H](O)[C@@H]2O)[C@@H](OCCCSCCN=C(N)CS[C@H]2OC(CO)C(O)[C@@H](O)[C@H]2O)[C@@H](O)[C@@H]1O.O=C=O.O=C=O. The maximum atomic E-state index is 12.7. The molecule has 0 aromatic rings. The van der Waals surface area contributed by atoms with Crippen molar-refractivity contribution in [2.75, 3.05) is 180 Å². The van der Waals surface area contributed by atoms with Crippen LogP contribution in [0.1, 0.15) is 19.3 Å². The van der Waals surface area contributed by atoms with Gasteiger partial charge in [0.15, 0.2) is 18.9 Å². The van der Waals surface area contributed by atoms with Crippen molar-refractivity contribution >= 4 is 83.0 Å². The van der Waals surface area contributed by atoms with Crippen LogP contribution in [0.2, 0.25) is 0 Å². The summed E-state index contributed by atoms with van der Waals surface area (Å²) in [6.07, 6.45) is -23.8. The van der Waals surface area contributed by atoms with Gasteiger partial charge in [-0.2, -0.15) is 54.5 Å². The molecule has 0 aromatic heterocycles. The Kier molecular flexibility index (Phi) is 49.2. The van der Waals surface area contributed by atoms with Crippen molar-refractivity contribution in [1.29, 1.82) is 0 Å². The van der Waals surface area contributed by atoms with Crippen LogP contribution in [0.4, 0.5) is 0 Å². The van der Waals surface area contributed by atoms with Crippen molar-refractivity contribution < 1.29 is 147 Å². The lowest BCUT2D eigenvalue weighted by Crippen LogP contribution is -2.63. The van der Waals surface area contributed by atoms with Crippen molar-refractivity contribution in [3.63, 3.8) is 0 Å². The topological polar surface area (TPSA) is 550 Å². The van der Waals surface area contributed by atoms with Crippen LogP contribution in [0.15, 0.2) is 4.99 Å². The molecule has 0 spiro atoms. The lowest BCUT2D eigenvalue weighted by molar-refractivity contribution is -0.348. The molecule has 4 aliphatic rings. The van der Waals surface area contributed by atoms with Crippen LogP contribution in [0.5, 0.6) is 0 Å². The smallest absolute Gasteiger partial charge is 0.373 e. The summed E-state index contributed by atoms with van der Waals surface area (Å²) in [7, 11) is 6.25. The zero-order valence-electron chi connectivity index (χ0n) is 55.4. The summed E-state index contributed by atoms with van der Waals surface area (Å²) < 4.78 is 65.0. The molecule has 4 aliphatic heterocycles. The fraction of sp³-hybridized carbons (Fsp3) is 0.895. The first-order chi connectivity index (χ1) is 46.9. The molecule has 37 nitrogen and oxygen atoms in total. The fourth-order valence-electron chi connectivity index (χ4n) is 9.87. The van der Waals surface area contributed by atoms with Crippen LogP contribution in [0.25, 0.3) is 0 Å². The Hall–Kier alpha value is -2.96. The fourth-order valence-corrected chi connectivity index (χ4v) is 13.1. The number of likely N-dealkylation sites (N-methyl/N-ethyl adjacent to an activating group) is 2. The molecule has 41 heteroatoms. The molecule has 570 valence electrons. The number of nitrogens with two attached hydrogens (primary N) is 2. The molecule has 0 aromatic carbocycles. The van der Waals surface area contributed by atoms with Gasteiger partial charge < -0.3 is 135 Å². The van der Waals surface area contributed by atoms with Gasteiger partial charge in [-0.15, -0.1) is 11.8 Å². The van der Waals surface area contributed by atoms with E-state index in [1.807, 2.05) is 11.9 Å². The third kappa shape index (κ3) is 34.5. The standard InChI is InChI=1S/C55H103N7O26S4.2CO2/c1-60(11-12-61(2)25-38(65)66)13-14-62(26-39(67)68)24-37(64)59-10-23-91-20-6-15-80-49-45(74)42(71)34(85-52(49)79-4)29-83-54-51(81-16-5-18-89-21-8-56)47(76)43(72)35(87-54)30-84-53-50(46(75)41(70)33(86-53)28-78-3)82-17-7-19-90-22-9-58-36(57)31-92-55-48(77)44(73)40(69)32(27-63)88-55;2*2-1-3/h32-35,40-55,63,69-77H,5-31,56H2,1-4H3,(H2,57,58)(H,59,64)(H,65,66)(H,67,68);;/t32?,33?,34?,35?,40?,41-,42-,43-,44-,45+,46+,47+,48-,49+,50+,51+,52?,53?,54?,55-;;/m1../s1. The predicted octanol–water partition coefficient (Wildman–Crippen LogP) is -7.69. The van der Waals surface area contributed by atoms with Crippen molar-refractivity contribution in [2.45, 2.75) is 141 Å². The van der Waals surface area contributed by atoms with Crippen molar-refractivity contribution in [1.82, 2.24) is 20.0 Å². The maximum Gasteiger partial charge on any atom is 0.373 e. The largest absolute Gasteiger partial charge is 0.480 e. The average Bonchev–Trinajstić information content (AvgIpc) is 0.811. The molecule has 4 rings (SSSR count). The van der Waals surface area contributed by atoms with Gasteiger partial charge in [-0.1, -0.05) is 0 Å². The first kappa shape index (κ1) is 91.1. The molecule has 20 atom stereocenters. The molecular weight excluding hydrogens is 1390 g/mol. The van der Waals surface area contributed by atoms with Gasteiger partial charge in [0.2, 0.25) is 5.91 Å². The Morgan fingerprint density at radius 1 is 0.541 bits per heavy atom. The van der Waals surface area contributed by atoms with Gasteiger partial charge >= 0.3 is 24.2 Å². The molecule has 0 radical (unpaired) electrons. The zero-order valence-corrected chi connectivity index (χ0v) is 58.7. The summed E-state index contributed by atoms with van der Waals surface area (Å²) in [5.41, 5.74) is 10.8. The third-order valence-corrected chi connectivity index (χ3v) is 19.4. The molecule has 17 N–H and O–H groups in total. The van der Waals surface area contributed by atoms with E-state index in [0.29, 0.717) is 93.8 Å². The number of aliphatic hydroxyl groups is 10. The summed E-state index contributed by atoms with van der Waals surface area (Å²) >= 11 is 5.75. The van der Waals surface area contributed by atoms with Crippen LogP contribution in [-0.4, -0.2) is 414 Å². The Bertz CT molecular complexity index is 2260. The number of aliphatic imine (C=N–C) groups is 1. The van der Waals surface area contributed by atoms with Crippen LogP contribution < -0.4 is 16.8 Å². The van der Waals surface area contributed by atoms with E-state index < -0.39 is 154 Å². The summed E-state index contributed by atoms with van der Waals surface area (Å²) in [6.45, 7) is 1.22. The third-order valence-electron chi connectivity index (χ3n) is 15.0. The Labute approximate surface area is 585 Å². The minimum atomic E-state index is -1.62. The van der Waals surface area contributed by atoms with E-state index in [9.17, 15) is 70.6 Å². The second kappa shape index (κ2) is 52.9. The number of nitrogens with one attached hydrogen (secondary N) is 1. The van der Waals surface area contributed by atoms with E-state index in [2.05, 4.69) is 10.3 Å². The van der Waals surface area contributed by atoms with Gasteiger partial charge in [0, 0.05) is 97.1 Å². The Morgan fingerprint density at radius 3 is 1.47 bits per heavy atom. The van der Waals surface area contributed by atoms with Gasteiger partial charge in [-0.05, 0) is 50.6 Å². The van der Waals surface area contributed by atoms with Crippen molar-refractivity contribution in [3.8, 4) is 0 Å². The molecule has 4 heterocycles. The number of thioether (sulfide) groups is 4. The highest BCUT2D eigenvalue weighted by molar-refractivity contribution is 8.00. The Balaban J connectivity index is 0.00000524. The van der Waals surface area contributed by atoms with E-state index in [4.69, 9.17) is 87.9 Å². The van der Waals surface area contributed by atoms with E-state index in [-0.39, 0.29) is 75.9 Å². The molecule has 4 fully saturated rings. The number of hydrogen-bond donors (Lipinski definition) is 15. The number of aliphatic hydroxyl groups excluding tert-OH is 10. The molecular formula is C57H103N7O30S4. The number of ether oxygens (including phenoxy) is 11. The summed E-state index contributed by atoms with van der Waals surface area (Å²) in [6, 6.07) is 0. The lowest BCUT2D eigenvalue weighted by atomic mass is 9.97. The first-order valence-electron chi connectivity index (χ1n) is 31.4. The average molecular weight is 1490 g/mol. The summed E-state index contributed by atoms with van der Waals surface area (Å²) in [5.74, 6) is 1.80. The molecule has 0 aliphatic carbocycles. The number of carbonyl (C=O) groups excluding carboxylic acids is 5. The summed E-state index contributed by atoms with van der Waals surface area (Å²) in [4.78, 5) is 77.1. The zero-order chi connectivity index (χ0) is 73.1. The molecule has 98 heavy (non-hydrogen) atoms. The highest BCUT2D eigenvalue weighted by atomic mass is 32.2. The maximum absolute atomic E-state index is 12.7. The van der Waals surface area contributed by atoms with Crippen molar-refractivity contribution in [3.05, 3.63) is 0 Å². The number of amidine groups is 1. The molecule has 4 saturated heterocycles. The number of methoxy groups -OCH3 is 2. The molecule has 0 bridgehead atoms. The van der Waals surface area contributed by atoms with Crippen molar-refractivity contribution in [2.24, 2.45) is 16.5 Å². The second-order valence-electron chi connectivity index (χ2n) is 22.6. The van der Waals surface area contributed by atoms with Crippen LogP contribution in [0.3, 0.4) is 0 Å². The van der Waals surface area contributed by atoms with Gasteiger partial charge in [0.25, 0.3) is 0 Å². The van der Waals surface area contributed by atoms with Gasteiger partial charge in [-0.3, -0.25) is 29.2 Å². The normalized spacial score (nSPS) is 30.4.